The SMILES string of the molecule is CCCCC[N+]1=C(/C=C/C2=C(Sc3nnnn3CC(=O)N(CCCC)CCCC)C(=C/C=C3/N(CCCCS(=O)(=O)[O-])c4ccc5cc(Br)ccc5c4C3(C)C)/CCC2)C(C)(C)c2c1ccc1cc(Br)ccc21. The summed E-state index contributed by atoms with van der Waals surface area (Å²) in [7, 11) is -4.33. The fourth-order valence-electron chi connectivity index (χ4n) is 11.1. The quantitative estimate of drug-likeness (QED) is 0.0378. The summed E-state index contributed by atoms with van der Waals surface area (Å²) in [6, 6.07) is 21.9. The molecule has 388 valence electrons. The molecule has 2 aliphatic heterocycles. The molecule has 0 saturated carbocycles. The van der Waals surface area contributed by atoms with E-state index in [1.54, 1.807) is 16.4 Å². The highest BCUT2D eigenvalue weighted by Crippen LogP contribution is 2.52. The topological polar surface area (TPSA) is 127 Å². The molecule has 0 radical (unpaired) electrons. The maximum Gasteiger partial charge on any atom is 0.244 e. The lowest BCUT2D eigenvalue weighted by molar-refractivity contribution is -0.438. The lowest BCUT2D eigenvalue weighted by Crippen LogP contribution is -2.36. The number of carbonyl (C=O) groups excluding carboxylic acids is 1. The van der Waals surface area contributed by atoms with Gasteiger partial charge in [0.1, 0.15) is 13.1 Å². The standard InChI is InChI=1S/C58H71Br2N7O4S2/c1-8-11-14-34-65-48-28-20-42-37-44(59)24-26-46(42)53(48)57(4,5)50(65)30-22-40-18-17-19-41(55(40)72-56-61-62-63-67(56)39-52(68)64(32-12-9-2)33-13-10-3)23-31-51-58(6,7)54-47-27-25-45(60)38-43(47)21-29-49(54)66(51)35-15-16-36-73(69,70)71/h20-31,37-38H,8-19,32-36,39H2,1-7H3. The number of thioether (sulfide) groups is 1. The zero-order valence-electron chi connectivity index (χ0n) is 43.6. The summed E-state index contributed by atoms with van der Waals surface area (Å²) in [5.41, 5.74) is 8.93. The number of hydrogen-bond donors (Lipinski definition) is 0. The van der Waals surface area contributed by atoms with Crippen LogP contribution in [0.15, 0.2) is 121 Å². The molecule has 0 saturated heterocycles. The largest absolute Gasteiger partial charge is 0.748 e. The average Bonchev–Trinajstić information content (AvgIpc) is 3.95. The molecule has 1 amide bonds. The first-order valence-corrected chi connectivity index (χ1v) is 30.3. The minimum atomic E-state index is -4.33. The summed E-state index contributed by atoms with van der Waals surface area (Å²) in [4.78, 5) is 19.4. The Bertz CT molecular complexity index is 3140. The Kier molecular flexibility index (Phi) is 17.8. The number of nitrogens with zero attached hydrogens (tertiary/aromatic N) is 7. The number of anilines is 1. The molecule has 0 spiro atoms. The number of benzene rings is 4. The lowest BCUT2D eigenvalue weighted by atomic mass is 9.78. The van der Waals surface area contributed by atoms with E-state index in [1.165, 1.54) is 44.3 Å². The molecule has 15 heteroatoms. The number of hydrogen-bond acceptors (Lipinski definition) is 9. The van der Waals surface area contributed by atoms with Crippen LogP contribution in [-0.4, -0.2) is 86.2 Å². The third-order valence-electron chi connectivity index (χ3n) is 14.9. The minimum Gasteiger partial charge on any atom is -0.748 e. The van der Waals surface area contributed by atoms with Crippen molar-refractivity contribution in [2.45, 2.75) is 148 Å². The van der Waals surface area contributed by atoms with Crippen LogP contribution in [0, 0.1) is 0 Å². The Morgan fingerprint density at radius 2 is 1.48 bits per heavy atom. The van der Waals surface area contributed by atoms with Crippen LogP contribution in [0.25, 0.3) is 21.5 Å². The summed E-state index contributed by atoms with van der Waals surface area (Å²) >= 11 is 8.94. The second kappa shape index (κ2) is 23.6. The van der Waals surface area contributed by atoms with Gasteiger partial charge in [0.05, 0.1) is 15.5 Å². The molecule has 3 heterocycles. The number of rotatable bonds is 22. The van der Waals surface area contributed by atoms with Crippen LogP contribution in [-0.2, 0) is 32.3 Å². The first-order chi connectivity index (χ1) is 35.0. The van der Waals surface area contributed by atoms with Crippen molar-refractivity contribution in [2.24, 2.45) is 0 Å². The first kappa shape index (κ1) is 54.8. The fraction of sp³-hybridized carbons (Fsp3) is 0.466. The number of unbranched alkanes of at least 4 members (excludes halogenated alkanes) is 5. The number of allylic oxidation sites excluding steroid dienone is 7. The Morgan fingerprint density at radius 1 is 0.808 bits per heavy atom. The van der Waals surface area contributed by atoms with Gasteiger partial charge in [-0.25, -0.2) is 13.1 Å². The number of fused-ring (bicyclic) bond motifs is 6. The van der Waals surface area contributed by atoms with Crippen LogP contribution in [0.2, 0.25) is 0 Å². The van der Waals surface area contributed by atoms with Crippen LogP contribution >= 0.6 is 43.6 Å². The number of halogens is 2. The van der Waals surface area contributed by atoms with Gasteiger partial charge in [0.2, 0.25) is 16.8 Å². The van der Waals surface area contributed by atoms with Crippen LogP contribution < -0.4 is 4.90 Å². The molecule has 73 heavy (non-hydrogen) atoms. The molecule has 3 aliphatic rings. The summed E-state index contributed by atoms with van der Waals surface area (Å²) in [5, 5.41) is 18.5. The Labute approximate surface area is 454 Å². The third kappa shape index (κ3) is 12.2. The van der Waals surface area contributed by atoms with Gasteiger partial charge in [0.25, 0.3) is 0 Å². The summed E-state index contributed by atoms with van der Waals surface area (Å²) in [6.45, 7) is 18.8. The number of tetrazole rings is 1. The Morgan fingerprint density at radius 3 is 2.15 bits per heavy atom. The van der Waals surface area contributed by atoms with Crippen molar-refractivity contribution in [2.75, 3.05) is 36.8 Å². The second-order valence-electron chi connectivity index (χ2n) is 20.9. The van der Waals surface area contributed by atoms with Crippen molar-refractivity contribution in [1.82, 2.24) is 25.1 Å². The normalized spacial score (nSPS) is 17.6. The molecule has 0 fully saturated rings. The van der Waals surface area contributed by atoms with Crippen molar-refractivity contribution in [1.29, 1.82) is 0 Å². The minimum absolute atomic E-state index is 0.0209. The van der Waals surface area contributed by atoms with Gasteiger partial charge in [-0.15, -0.1) is 5.10 Å². The number of amides is 1. The maximum absolute atomic E-state index is 14.0. The van der Waals surface area contributed by atoms with E-state index >= 15 is 0 Å². The van der Waals surface area contributed by atoms with E-state index in [4.69, 9.17) is 0 Å². The van der Waals surface area contributed by atoms with E-state index in [9.17, 15) is 17.8 Å². The Balaban J connectivity index is 1.24. The molecule has 1 aliphatic carbocycles. The fourth-order valence-corrected chi connectivity index (χ4v) is 13.5. The van der Waals surface area contributed by atoms with Crippen LogP contribution in [0.4, 0.5) is 11.4 Å². The molecule has 5 aromatic rings. The highest BCUT2D eigenvalue weighted by Gasteiger charge is 2.46. The Hall–Kier alpha value is -4.41. The maximum atomic E-state index is 14.0. The van der Waals surface area contributed by atoms with Crippen molar-refractivity contribution < 1.29 is 22.3 Å². The average molecular weight is 1150 g/mol. The van der Waals surface area contributed by atoms with E-state index in [2.05, 4.69) is 190 Å². The van der Waals surface area contributed by atoms with Gasteiger partial charge in [0.15, 0.2) is 5.71 Å². The number of aromatic nitrogens is 4. The molecule has 4 aromatic carbocycles. The molecule has 0 unspecified atom stereocenters. The van der Waals surface area contributed by atoms with E-state index < -0.39 is 15.5 Å². The third-order valence-corrected chi connectivity index (χ3v) is 17.9. The smallest absolute Gasteiger partial charge is 0.244 e. The summed E-state index contributed by atoms with van der Waals surface area (Å²) < 4.78 is 41.4. The molecule has 0 atom stereocenters. The molecule has 11 nitrogen and oxygen atoms in total. The summed E-state index contributed by atoms with van der Waals surface area (Å²) in [6.07, 6.45) is 20.0. The second-order valence-corrected chi connectivity index (χ2v) is 25.2. The van der Waals surface area contributed by atoms with E-state index in [0.29, 0.717) is 31.2 Å². The predicted molar refractivity (Wildman–Crippen MR) is 306 cm³/mol. The molecule has 0 N–H and O–H groups in total. The van der Waals surface area contributed by atoms with Crippen molar-refractivity contribution >= 4 is 98.3 Å². The van der Waals surface area contributed by atoms with Crippen molar-refractivity contribution in [3.8, 4) is 0 Å². The molecular weight excluding hydrogens is 1080 g/mol. The zero-order valence-corrected chi connectivity index (χ0v) is 48.5. The van der Waals surface area contributed by atoms with Crippen LogP contribution in [0.3, 0.4) is 0 Å². The zero-order chi connectivity index (χ0) is 52.1. The van der Waals surface area contributed by atoms with Crippen molar-refractivity contribution in [3.63, 3.8) is 0 Å². The van der Waals surface area contributed by atoms with Gasteiger partial charge < -0.3 is 14.4 Å². The highest BCUT2D eigenvalue weighted by molar-refractivity contribution is 9.10. The van der Waals surface area contributed by atoms with E-state index in [0.717, 1.165) is 107 Å². The molecule has 8 rings (SSSR count). The van der Waals surface area contributed by atoms with Crippen molar-refractivity contribution in [3.05, 3.63) is 127 Å². The van der Waals surface area contributed by atoms with Gasteiger partial charge in [-0.1, -0.05) is 116 Å². The highest BCUT2D eigenvalue weighted by atomic mass is 79.9. The molecule has 0 bridgehead atoms. The lowest BCUT2D eigenvalue weighted by Gasteiger charge is -2.28. The number of carbonyl (C=O) groups is 1. The van der Waals surface area contributed by atoms with Gasteiger partial charge in [-0.2, -0.15) is 4.58 Å². The first-order valence-electron chi connectivity index (χ1n) is 26.3. The van der Waals surface area contributed by atoms with E-state index in [-0.39, 0.29) is 30.0 Å². The van der Waals surface area contributed by atoms with Gasteiger partial charge in [-0.3, -0.25) is 4.79 Å². The van der Waals surface area contributed by atoms with Crippen LogP contribution in [0.1, 0.15) is 137 Å². The summed E-state index contributed by atoms with van der Waals surface area (Å²) in [5.74, 6) is -0.366. The van der Waals surface area contributed by atoms with E-state index in [1.807, 2.05) is 4.90 Å². The monoisotopic (exact) mass is 1150 g/mol. The molecule has 1 aromatic heterocycles. The molecular formula is C58H71Br2N7O4S2. The predicted octanol–water partition coefficient (Wildman–Crippen LogP) is 14.2. The van der Waals surface area contributed by atoms with Gasteiger partial charge in [0, 0.05) is 80.2 Å². The van der Waals surface area contributed by atoms with Crippen LogP contribution in [0.5, 0.6) is 0 Å². The van der Waals surface area contributed by atoms with Gasteiger partial charge in [-0.05, 0) is 168 Å². The van der Waals surface area contributed by atoms with Gasteiger partial charge >= 0.3 is 0 Å².